The van der Waals surface area contributed by atoms with Crippen molar-refractivity contribution in [2.45, 2.75) is 18.9 Å². The Bertz CT molecular complexity index is 552. The van der Waals surface area contributed by atoms with E-state index in [1.165, 1.54) is 7.11 Å². The van der Waals surface area contributed by atoms with Gasteiger partial charge in [-0.05, 0) is 24.6 Å². The quantitative estimate of drug-likeness (QED) is 0.779. The molecule has 1 aromatic carbocycles. The van der Waals surface area contributed by atoms with Crippen LogP contribution in [0.5, 0.6) is 5.75 Å². The number of hydrogen-bond donors (Lipinski definition) is 3. The first kappa shape index (κ1) is 15.1. The van der Waals surface area contributed by atoms with Gasteiger partial charge in [0.1, 0.15) is 5.75 Å². The number of aryl methyl sites for hydroxylation is 1. The number of anilines is 1. The van der Waals surface area contributed by atoms with E-state index in [1.54, 1.807) is 12.1 Å². The van der Waals surface area contributed by atoms with Gasteiger partial charge >= 0.3 is 12.0 Å². The maximum absolute atomic E-state index is 12.1. The SMILES string of the molecule is COc1ccc(C)cc1NC(=O)NC1(C(=O)O)CCOC1. The average Bonchev–Trinajstić information content (AvgIpc) is 2.88. The van der Waals surface area contributed by atoms with Crippen LogP contribution in [0.15, 0.2) is 18.2 Å². The third kappa shape index (κ3) is 3.25. The summed E-state index contributed by atoms with van der Waals surface area (Å²) in [6.07, 6.45) is 0.237. The largest absolute Gasteiger partial charge is 0.495 e. The molecule has 0 aromatic heterocycles. The van der Waals surface area contributed by atoms with Gasteiger partial charge in [-0.2, -0.15) is 0 Å². The van der Waals surface area contributed by atoms with Crippen molar-refractivity contribution in [3.8, 4) is 5.75 Å². The molecule has 114 valence electrons. The number of nitrogens with one attached hydrogen (secondary N) is 2. The normalized spacial score (nSPS) is 20.9. The number of carbonyl (C=O) groups is 2. The van der Waals surface area contributed by atoms with Crippen molar-refractivity contribution in [2.75, 3.05) is 25.6 Å². The van der Waals surface area contributed by atoms with E-state index in [-0.39, 0.29) is 13.0 Å². The number of ether oxygens (including phenoxy) is 2. The highest BCUT2D eigenvalue weighted by atomic mass is 16.5. The van der Waals surface area contributed by atoms with Gasteiger partial charge in [0.15, 0.2) is 5.54 Å². The predicted molar refractivity (Wildman–Crippen MR) is 75.7 cm³/mol. The summed E-state index contributed by atoms with van der Waals surface area (Å²) in [7, 11) is 1.50. The van der Waals surface area contributed by atoms with Crippen LogP contribution in [-0.4, -0.2) is 43.0 Å². The fraction of sp³-hybridized carbons (Fsp3) is 0.429. The summed E-state index contributed by atoms with van der Waals surface area (Å²) >= 11 is 0. The van der Waals surface area contributed by atoms with Crippen LogP contribution in [0.25, 0.3) is 0 Å². The van der Waals surface area contributed by atoms with Crippen LogP contribution in [0.3, 0.4) is 0 Å². The minimum absolute atomic E-state index is 0.0410. The van der Waals surface area contributed by atoms with E-state index in [0.29, 0.717) is 18.0 Å². The lowest BCUT2D eigenvalue weighted by Crippen LogP contribution is -2.56. The van der Waals surface area contributed by atoms with Gasteiger partial charge in [0.2, 0.25) is 0 Å². The molecular formula is C14H18N2O5. The average molecular weight is 294 g/mol. The Hall–Kier alpha value is -2.28. The molecule has 0 radical (unpaired) electrons. The Morgan fingerprint density at radius 2 is 2.19 bits per heavy atom. The van der Waals surface area contributed by atoms with Crippen molar-refractivity contribution in [2.24, 2.45) is 0 Å². The van der Waals surface area contributed by atoms with Crippen LogP contribution in [0.1, 0.15) is 12.0 Å². The standard InChI is InChI=1S/C14H18N2O5/c1-9-3-4-11(20-2)10(7-9)15-13(19)16-14(12(17)18)5-6-21-8-14/h3-4,7H,5-6,8H2,1-2H3,(H,17,18)(H2,15,16,19). The Balaban J connectivity index is 2.11. The monoisotopic (exact) mass is 294 g/mol. The molecule has 1 fully saturated rings. The molecule has 0 saturated carbocycles. The number of carboxylic acids is 1. The predicted octanol–water partition coefficient (Wildman–Crippen LogP) is 1.37. The maximum Gasteiger partial charge on any atom is 0.332 e. The zero-order valence-corrected chi connectivity index (χ0v) is 11.9. The Kier molecular flexibility index (Phi) is 4.32. The van der Waals surface area contributed by atoms with Crippen molar-refractivity contribution in [3.63, 3.8) is 0 Å². The van der Waals surface area contributed by atoms with Crippen molar-refractivity contribution in [3.05, 3.63) is 23.8 Å². The van der Waals surface area contributed by atoms with Crippen LogP contribution < -0.4 is 15.4 Å². The fourth-order valence-corrected chi connectivity index (χ4v) is 2.18. The van der Waals surface area contributed by atoms with Crippen molar-refractivity contribution < 1.29 is 24.2 Å². The molecular weight excluding hydrogens is 276 g/mol. The molecule has 1 aliphatic heterocycles. The van der Waals surface area contributed by atoms with Crippen LogP contribution in [-0.2, 0) is 9.53 Å². The van der Waals surface area contributed by atoms with E-state index in [9.17, 15) is 14.7 Å². The highest BCUT2D eigenvalue weighted by Crippen LogP contribution is 2.25. The highest BCUT2D eigenvalue weighted by Gasteiger charge is 2.44. The number of benzene rings is 1. The van der Waals surface area contributed by atoms with Gasteiger partial charge in [-0.1, -0.05) is 6.07 Å². The number of aliphatic carboxylic acids is 1. The zero-order valence-electron chi connectivity index (χ0n) is 11.9. The second-order valence-corrected chi connectivity index (χ2v) is 4.97. The number of methoxy groups -OCH3 is 1. The summed E-state index contributed by atoms with van der Waals surface area (Å²) < 4.78 is 10.2. The van der Waals surface area contributed by atoms with E-state index < -0.39 is 17.5 Å². The van der Waals surface area contributed by atoms with Gasteiger partial charge in [0.25, 0.3) is 0 Å². The number of carbonyl (C=O) groups excluding carboxylic acids is 1. The fourth-order valence-electron chi connectivity index (χ4n) is 2.18. The molecule has 1 atom stereocenters. The summed E-state index contributed by atoms with van der Waals surface area (Å²) in [5.74, 6) is -0.603. The molecule has 1 unspecified atom stereocenters. The van der Waals surface area contributed by atoms with Gasteiger partial charge in [-0.15, -0.1) is 0 Å². The van der Waals surface area contributed by atoms with E-state index in [1.807, 2.05) is 13.0 Å². The van der Waals surface area contributed by atoms with Crippen LogP contribution in [0, 0.1) is 6.92 Å². The third-order valence-corrected chi connectivity index (χ3v) is 3.39. The minimum atomic E-state index is -1.37. The molecule has 2 rings (SSSR count). The first-order chi connectivity index (χ1) is 9.97. The smallest absolute Gasteiger partial charge is 0.332 e. The molecule has 1 aliphatic rings. The summed E-state index contributed by atoms with van der Waals surface area (Å²) in [5.41, 5.74) is 0.0546. The molecule has 0 spiro atoms. The second kappa shape index (κ2) is 6.01. The summed E-state index contributed by atoms with van der Waals surface area (Å²) in [6, 6.07) is 4.73. The van der Waals surface area contributed by atoms with Gasteiger partial charge in [-0.25, -0.2) is 9.59 Å². The number of rotatable bonds is 4. The summed E-state index contributed by atoms with van der Waals surface area (Å²) in [4.78, 5) is 23.4. The molecule has 0 aliphatic carbocycles. The van der Waals surface area contributed by atoms with Crippen LogP contribution >= 0.6 is 0 Å². The van der Waals surface area contributed by atoms with Crippen LogP contribution in [0.2, 0.25) is 0 Å². The molecule has 3 N–H and O–H groups in total. The first-order valence-electron chi connectivity index (χ1n) is 6.52. The van der Waals surface area contributed by atoms with Gasteiger partial charge in [-0.3, -0.25) is 0 Å². The van der Waals surface area contributed by atoms with E-state index in [0.717, 1.165) is 5.56 Å². The molecule has 7 heteroatoms. The van der Waals surface area contributed by atoms with Gasteiger partial charge in [0, 0.05) is 13.0 Å². The lowest BCUT2D eigenvalue weighted by molar-refractivity contribution is -0.144. The highest BCUT2D eigenvalue weighted by molar-refractivity contribution is 5.95. The first-order valence-corrected chi connectivity index (χ1v) is 6.52. The number of carboxylic acid groups (broad SMARTS) is 1. The Labute approximate surface area is 122 Å². The molecule has 7 nitrogen and oxygen atoms in total. The lowest BCUT2D eigenvalue weighted by Gasteiger charge is -2.24. The van der Waals surface area contributed by atoms with E-state index >= 15 is 0 Å². The topological polar surface area (TPSA) is 96.9 Å². The van der Waals surface area contributed by atoms with Crippen molar-refractivity contribution >= 4 is 17.7 Å². The number of amides is 2. The molecule has 21 heavy (non-hydrogen) atoms. The van der Waals surface area contributed by atoms with Crippen LogP contribution in [0.4, 0.5) is 10.5 Å². The number of urea groups is 1. The molecule has 1 heterocycles. The zero-order chi connectivity index (χ0) is 15.5. The number of hydrogen-bond acceptors (Lipinski definition) is 4. The summed E-state index contributed by atoms with van der Waals surface area (Å²) in [6.45, 7) is 2.15. The van der Waals surface area contributed by atoms with Gasteiger partial charge < -0.3 is 25.2 Å². The van der Waals surface area contributed by atoms with E-state index in [4.69, 9.17) is 9.47 Å². The van der Waals surface area contributed by atoms with Crippen molar-refractivity contribution in [1.29, 1.82) is 0 Å². The molecule has 0 bridgehead atoms. The van der Waals surface area contributed by atoms with E-state index in [2.05, 4.69) is 10.6 Å². The third-order valence-electron chi connectivity index (χ3n) is 3.39. The maximum atomic E-state index is 12.1. The Morgan fingerprint density at radius 1 is 1.43 bits per heavy atom. The summed E-state index contributed by atoms with van der Waals surface area (Å²) in [5, 5.41) is 14.4. The molecule has 2 amide bonds. The minimum Gasteiger partial charge on any atom is -0.495 e. The lowest BCUT2D eigenvalue weighted by atomic mass is 9.99. The van der Waals surface area contributed by atoms with Gasteiger partial charge in [0.05, 0.1) is 19.4 Å². The second-order valence-electron chi connectivity index (χ2n) is 4.97. The Morgan fingerprint density at radius 3 is 2.76 bits per heavy atom. The molecule has 1 aromatic rings. The molecule has 1 saturated heterocycles. The van der Waals surface area contributed by atoms with Crippen molar-refractivity contribution in [1.82, 2.24) is 5.32 Å².